The van der Waals surface area contributed by atoms with Gasteiger partial charge in [0, 0.05) is 18.0 Å². The molecule has 4 rings (SSSR count). The van der Waals surface area contributed by atoms with Crippen molar-refractivity contribution in [2.24, 2.45) is 0 Å². The molecular formula is C22H22ClF2NO4S. The summed E-state index contributed by atoms with van der Waals surface area (Å²) in [5.41, 5.74) is -0.340. The summed E-state index contributed by atoms with van der Waals surface area (Å²) in [5, 5.41) is 0.348. The van der Waals surface area contributed by atoms with Gasteiger partial charge < -0.3 is 9.64 Å². The molecule has 0 saturated carbocycles. The van der Waals surface area contributed by atoms with Gasteiger partial charge in [-0.2, -0.15) is 0 Å². The molecule has 1 fully saturated rings. The summed E-state index contributed by atoms with van der Waals surface area (Å²) in [6.07, 6.45) is 1.18. The number of ether oxygens (including phenoxy) is 1. The topological polar surface area (TPSA) is 63.7 Å². The number of amides is 1. The predicted molar refractivity (Wildman–Crippen MR) is 112 cm³/mol. The van der Waals surface area contributed by atoms with Crippen LogP contribution in [-0.2, 0) is 19.4 Å². The number of likely N-dealkylation sites (tertiary alicyclic amines) is 1. The fraction of sp³-hybridized carbons (Fsp3) is 0.409. The standard InChI is InChI=1S/C22H22ClF2NO4S/c1-2-4-19(27)26-12-3-11-22(31(28,29)15-7-5-14(23)6-8-15)18(26)13-30-21-17(25)10-9-16(24)20(21)22/h5-10,18H,2-4,11-13H2,1H3/t18-,22+/m0/s1. The maximum atomic E-state index is 15.2. The van der Waals surface area contributed by atoms with Crippen LogP contribution in [0.5, 0.6) is 5.75 Å². The molecule has 1 amide bonds. The third-order valence-corrected chi connectivity index (χ3v) is 8.90. The maximum Gasteiger partial charge on any atom is 0.222 e. The molecule has 2 atom stereocenters. The Morgan fingerprint density at radius 2 is 1.87 bits per heavy atom. The molecule has 5 nitrogen and oxygen atoms in total. The number of piperidine rings is 1. The fourth-order valence-corrected chi connectivity index (χ4v) is 7.23. The summed E-state index contributed by atoms with van der Waals surface area (Å²) in [7, 11) is -4.27. The van der Waals surface area contributed by atoms with Crippen molar-refractivity contribution in [3.63, 3.8) is 0 Å². The van der Waals surface area contributed by atoms with E-state index in [-0.39, 0.29) is 35.8 Å². The normalized spacial score (nSPS) is 23.0. The molecule has 0 spiro atoms. The lowest BCUT2D eigenvalue weighted by Crippen LogP contribution is -2.64. The molecule has 0 radical (unpaired) electrons. The maximum absolute atomic E-state index is 15.2. The first-order chi connectivity index (χ1) is 14.7. The molecule has 9 heteroatoms. The number of carbonyl (C=O) groups is 1. The van der Waals surface area contributed by atoms with Gasteiger partial charge in [0.2, 0.25) is 5.91 Å². The molecule has 0 aliphatic carbocycles. The van der Waals surface area contributed by atoms with Gasteiger partial charge >= 0.3 is 0 Å². The lowest BCUT2D eigenvalue weighted by molar-refractivity contribution is -0.137. The van der Waals surface area contributed by atoms with Gasteiger partial charge in [-0.05, 0) is 55.7 Å². The number of benzene rings is 2. The van der Waals surface area contributed by atoms with E-state index < -0.39 is 38.0 Å². The van der Waals surface area contributed by atoms with Crippen LogP contribution >= 0.6 is 11.6 Å². The summed E-state index contributed by atoms with van der Waals surface area (Å²) in [6.45, 7) is 1.94. The minimum atomic E-state index is -4.27. The Morgan fingerprint density at radius 3 is 2.55 bits per heavy atom. The molecule has 2 aromatic carbocycles. The Morgan fingerprint density at radius 1 is 1.19 bits per heavy atom. The minimum Gasteiger partial charge on any atom is -0.488 e. The summed E-state index contributed by atoms with van der Waals surface area (Å²) in [6, 6.07) is 6.41. The summed E-state index contributed by atoms with van der Waals surface area (Å²) in [5.74, 6) is -2.34. The van der Waals surface area contributed by atoms with Crippen LogP contribution in [-0.4, -0.2) is 38.4 Å². The summed E-state index contributed by atoms with van der Waals surface area (Å²) < 4.78 is 61.7. The van der Waals surface area contributed by atoms with Crippen LogP contribution in [0.15, 0.2) is 41.3 Å². The Hall–Kier alpha value is -2.19. The Bertz CT molecular complexity index is 1120. The molecule has 0 aromatic heterocycles. The smallest absolute Gasteiger partial charge is 0.222 e. The molecule has 0 bridgehead atoms. The van der Waals surface area contributed by atoms with Crippen molar-refractivity contribution < 1.29 is 26.7 Å². The highest BCUT2D eigenvalue weighted by molar-refractivity contribution is 7.92. The van der Waals surface area contributed by atoms with Crippen LogP contribution in [0.3, 0.4) is 0 Å². The molecular weight excluding hydrogens is 448 g/mol. The number of fused-ring (bicyclic) bond motifs is 3. The lowest BCUT2D eigenvalue weighted by Gasteiger charge is -2.51. The van der Waals surface area contributed by atoms with Gasteiger partial charge in [-0.15, -0.1) is 0 Å². The van der Waals surface area contributed by atoms with Crippen molar-refractivity contribution in [2.45, 2.75) is 48.3 Å². The number of hydrogen-bond donors (Lipinski definition) is 0. The lowest BCUT2D eigenvalue weighted by atomic mass is 9.80. The largest absolute Gasteiger partial charge is 0.488 e. The molecule has 1 saturated heterocycles. The van der Waals surface area contributed by atoms with Gasteiger partial charge in [0.25, 0.3) is 0 Å². The average Bonchev–Trinajstić information content (AvgIpc) is 2.75. The van der Waals surface area contributed by atoms with Gasteiger partial charge in [-0.3, -0.25) is 4.79 Å². The number of sulfone groups is 1. The number of hydrogen-bond acceptors (Lipinski definition) is 4. The fourth-order valence-electron chi connectivity index (χ4n) is 4.76. The Labute approximate surface area is 184 Å². The Balaban J connectivity index is 2.00. The SMILES string of the molecule is CCCC(=O)N1CCC[C@]2(S(=O)(=O)c3ccc(Cl)cc3)c3c(F)ccc(F)c3OC[C@H]12. The molecule has 0 unspecified atom stereocenters. The second kappa shape index (κ2) is 8.06. The van der Waals surface area contributed by atoms with E-state index in [1.807, 2.05) is 6.92 Å². The Kier molecular flexibility index (Phi) is 5.72. The first-order valence-electron chi connectivity index (χ1n) is 10.1. The number of carbonyl (C=O) groups excluding carboxylic acids is 1. The summed E-state index contributed by atoms with van der Waals surface area (Å²) >= 11 is 5.93. The van der Waals surface area contributed by atoms with Gasteiger partial charge in [-0.25, -0.2) is 17.2 Å². The number of rotatable bonds is 4. The highest BCUT2D eigenvalue weighted by Crippen LogP contribution is 2.53. The quantitative estimate of drug-likeness (QED) is 0.662. The molecule has 0 N–H and O–H groups in total. The zero-order chi connectivity index (χ0) is 22.4. The van der Waals surface area contributed by atoms with E-state index in [1.165, 1.54) is 29.2 Å². The van der Waals surface area contributed by atoms with Crippen LogP contribution in [0.2, 0.25) is 5.02 Å². The second-order valence-corrected chi connectivity index (χ2v) is 10.5. The molecule has 31 heavy (non-hydrogen) atoms. The van der Waals surface area contributed by atoms with Crippen LogP contribution in [0, 0.1) is 11.6 Å². The molecule has 2 heterocycles. The van der Waals surface area contributed by atoms with Crippen molar-refractivity contribution in [3.8, 4) is 5.75 Å². The van der Waals surface area contributed by atoms with Gasteiger partial charge in [0.05, 0.1) is 16.5 Å². The third-order valence-electron chi connectivity index (χ3n) is 6.12. The van der Waals surface area contributed by atoms with Crippen molar-refractivity contribution >= 4 is 27.3 Å². The molecule has 2 aromatic rings. The van der Waals surface area contributed by atoms with E-state index in [2.05, 4.69) is 0 Å². The van der Waals surface area contributed by atoms with Crippen molar-refractivity contribution in [3.05, 3.63) is 58.6 Å². The first-order valence-corrected chi connectivity index (χ1v) is 12.0. The monoisotopic (exact) mass is 469 g/mol. The van der Waals surface area contributed by atoms with E-state index in [0.29, 0.717) is 24.4 Å². The number of halogens is 3. The highest BCUT2D eigenvalue weighted by Gasteiger charge is 2.61. The van der Waals surface area contributed by atoms with Crippen molar-refractivity contribution in [1.29, 1.82) is 0 Å². The van der Waals surface area contributed by atoms with Gasteiger partial charge in [0.1, 0.15) is 17.2 Å². The first kappa shape index (κ1) is 22.0. The van der Waals surface area contributed by atoms with E-state index in [9.17, 15) is 17.6 Å². The van der Waals surface area contributed by atoms with Crippen molar-refractivity contribution in [2.75, 3.05) is 13.2 Å². The van der Waals surface area contributed by atoms with Gasteiger partial charge in [0.15, 0.2) is 21.4 Å². The minimum absolute atomic E-state index is 0.0370. The zero-order valence-electron chi connectivity index (χ0n) is 16.9. The zero-order valence-corrected chi connectivity index (χ0v) is 18.5. The van der Waals surface area contributed by atoms with E-state index in [1.54, 1.807) is 0 Å². The average molecular weight is 470 g/mol. The van der Waals surface area contributed by atoms with Crippen LogP contribution in [0.25, 0.3) is 0 Å². The third kappa shape index (κ3) is 3.31. The van der Waals surface area contributed by atoms with E-state index >= 15 is 4.39 Å². The second-order valence-electron chi connectivity index (χ2n) is 7.85. The molecule has 2 aliphatic heterocycles. The van der Waals surface area contributed by atoms with Crippen LogP contribution in [0.4, 0.5) is 8.78 Å². The van der Waals surface area contributed by atoms with E-state index in [4.69, 9.17) is 16.3 Å². The van der Waals surface area contributed by atoms with E-state index in [0.717, 1.165) is 12.1 Å². The van der Waals surface area contributed by atoms with Crippen LogP contribution < -0.4 is 4.74 Å². The van der Waals surface area contributed by atoms with Crippen molar-refractivity contribution in [1.82, 2.24) is 4.90 Å². The van der Waals surface area contributed by atoms with Gasteiger partial charge in [-0.1, -0.05) is 18.5 Å². The predicted octanol–water partition coefficient (Wildman–Crippen LogP) is 4.47. The summed E-state index contributed by atoms with van der Waals surface area (Å²) in [4.78, 5) is 14.3. The molecule has 166 valence electrons. The molecule has 2 aliphatic rings. The highest BCUT2D eigenvalue weighted by atomic mass is 35.5. The number of nitrogens with zero attached hydrogens (tertiary/aromatic N) is 1. The van der Waals surface area contributed by atoms with Crippen LogP contribution in [0.1, 0.15) is 38.2 Å².